The fourth-order valence-electron chi connectivity index (χ4n) is 3.71. The summed E-state index contributed by atoms with van der Waals surface area (Å²) in [7, 11) is 0. The molecular formula is C19H23N5O3. The van der Waals surface area contributed by atoms with Crippen molar-refractivity contribution >= 4 is 34.7 Å². The van der Waals surface area contributed by atoms with Crippen LogP contribution in [-0.2, 0) is 14.4 Å². The molecule has 1 aromatic heterocycles. The Morgan fingerprint density at radius 1 is 1.04 bits per heavy atom. The lowest BCUT2D eigenvalue weighted by atomic mass is 10.3. The molecule has 0 bridgehead atoms. The minimum atomic E-state index is -0.167. The molecule has 2 aliphatic rings. The molecule has 27 heavy (non-hydrogen) atoms. The number of nitrogens with one attached hydrogen (secondary N) is 1. The molecule has 3 heterocycles. The number of nitrogens with zero attached hydrogens (tertiary/aromatic N) is 4. The van der Waals surface area contributed by atoms with E-state index in [1.54, 1.807) is 0 Å². The second kappa shape index (κ2) is 7.38. The van der Waals surface area contributed by atoms with E-state index in [0.717, 1.165) is 29.9 Å². The highest BCUT2D eigenvalue weighted by Crippen LogP contribution is 2.19. The van der Waals surface area contributed by atoms with E-state index in [0.29, 0.717) is 19.6 Å². The summed E-state index contributed by atoms with van der Waals surface area (Å²) in [6, 6.07) is 7.92. The average Bonchev–Trinajstić information content (AvgIpc) is 3.13. The molecule has 1 N–H and O–H groups in total. The van der Waals surface area contributed by atoms with Crippen LogP contribution in [0.3, 0.4) is 0 Å². The topological polar surface area (TPSA) is 89.6 Å². The van der Waals surface area contributed by atoms with Gasteiger partial charge in [0, 0.05) is 52.0 Å². The number of imidazole rings is 1. The molecule has 0 radical (unpaired) electrons. The van der Waals surface area contributed by atoms with Crippen LogP contribution in [0.5, 0.6) is 0 Å². The predicted molar refractivity (Wildman–Crippen MR) is 100 cm³/mol. The van der Waals surface area contributed by atoms with Crippen molar-refractivity contribution in [1.82, 2.24) is 19.8 Å². The van der Waals surface area contributed by atoms with Crippen molar-refractivity contribution in [2.45, 2.75) is 25.7 Å². The van der Waals surface area contributed by atoms with Crippen LogP contribution in [0, 0.1) is 0 Å². The first kappa shape index (κ1) is 17.5. The van der Waals surface area contributed by atoms with Crippen molar-refractivity contribution in [3.05, 3.63) is 24.3 Å². The molecule has 1 aromatic carbocycles. The lowest BCUT2D eigenvalue weighted by Gasteiger charge is -2.22. The van der Waals surface area contributed by atoms with Crippen LogP contribution in [-0.4, -0.2) is 70.2 Å². The number of anilines is 1. The van der Waals surface area contributed by atoms with Crippen LogP contribution in [0.15, 0.2) is 24.3 Å². The third-order valence-electron chi connectivity index (χ3n) is 5.23. The Kier molecular flexibility index (Phi) is 4.79. The minimum absolute atomic E-state index is 0.00560. The van der Waals surface area contributed by atoms with Crippen LogP contribution >= 0.6 is 0 Å². The molecule has 0 aliphatic carbocycles. The van der Waals surface area contributed by atoms with Gasteiger partial charge in [-0.2, -0.15) is 0 Å². The van der Waals surface area contributed by atoms with Gasteiger partial charge in [-0.25, -0.2) is 4.98 Å². The largest absolute Gasteiger partial charge is 0.341 e. The highest BCUT2D eigenvalue weighted by atomic mass is 16.2. The molecule has 2 aliphatic heterocycles. The number of benzene rings is 1. The second-order valence-corrected chi connectivity index (χ2v) is 6.99. The van der Waals surface area contributed by atoms with Gasteiger partial charge in [0.25, 0.3) is 0 Å². The van der Waals surface area contributed by atoms with Crippen molar-refractivity contribution in [3.63, 3.8) is 0 Å². The Bertz CT molecular complexity index is 828. The van der Waals surface area contributed by atoms with Gasteiger partial charge in [0.05, 0.1) is 11.0 Å². The van der Waals surface area contributed by atoms with Crippen molar-refractivity contribution in [3.8, 4) is 0 Å². The van der Waals surface area contributed by atoms with E-state index in [2.05, 4.69) is 14.9 Å². The second-order valence-electron chi connectivity index (χ2n) is 6.99. The van der Waals surface area contributed by atoms with Crippen LogP contribution in [0.4, 0.5) is 5.95 Å². The van der Waals surface area contributed by atoms with Gasteiger partial charge >= 0.3 is 0 Å². The summed E-state index contributed by atoms with van der Waals surface area (Å²) in [5.41, 5.74) is 1.94. The molecule has 3 amide bonds. The standard InChI is InChI=1S/C19H23N5O3/c25-16(8-11-24-17(26)6-7-18(24)27)22-9-3-10-23(13-12-22)19-20-14-4-1-2-5-15(14)21-19/h1-2,4-5H,3,6-13H2,(H,20,21). The number of para-hydroxylation sites is 2. The van der Waals surface area contributed by atoms with Gasteiger partial charge < -0.3 is 14.8 Å². The predicted octanol–water partition coefficient (Wildman–Crippen LogP) is 1.14. The van der Waals surface area contributed by atoms with Crippen molar-refractivity contribution in [2.75, 3.05) is 37.6 Å². The molecule has 4 rings (SSSR count). The maximum absolute atomic E-state index is 12.5. The van der Waals surface area contributed by atoms with E-state index in [1.165, 1.54) is 4.90 Å². The minimum Gasteiger partial charge on any atom is -0.341 e. The van der Waals surface area contributed by atoms with Crippen LogP contribution in [0.25, 0.3) is 11.0 Å². The number of carbonyl (C=O) groups is 3. The first-order valence-electron chi connectivity index (χ1n) is 9.42. The van der Waals surface area contributed by atoms with Gasteiger partial charge in [0.15, 0.2) is 0 Å². The lowest BCUT2D eigenvalue weighted by molar-refractivity contribution is -0.139. The Morgan fingerprint density at radius 2 is 1.81 bits per heavy atom. The number of fused-ring (bicyclic) bond motifs is 1. The van der Waals surface area contributed by atoms with Gasteiger partial charge in [-0.1, -0.05) is 12.1 Å². The third-order valence-corrected chi connectivity index (χ3v) is 5.23. The number of likely N-dealkylation sites (tertiary alicyclic amines) is 1. The molecule has 142 valence electrons. The molecule has 2 fully saturated rings. The number of H-pyrrole nitrogens is 1. The zero-order valence-electron chi connectivity index (χ0n) is 15.2. The Balaban J connectivity index is 1.34. The Labute approximate surface area is 157 Å². The molecule has 8 nitrogen and oxygen atoms in total. The average molecular weight is 369 g/mol. The molecule has 0 spiro atoms. The van der Waals surface area contributed by atoms with Crippen LogP contribution in [0.2, 0.25) is 0 Å². The zero-order chi connectivity index (χ0) is 18.8. The number of carbonyl (C=O) groups excluding carboxylic acids is 3. The van der Waals surface area contributed by atoms with Gasteiger partial charge in [-0.15, -0.1) is 0 Å². The molecule has 2 saturated heterocycles. The number of rotatable bonds is 4. The summed E-state index contributed by atoms with van der Waals surface area (Å²) in [5, 5.41) is 0. The highest BCUT2D eigenvalue weighted by Gasteiger charge is 2.29. The van der Waals surface area contributed by atoms with Gasteiger partial charge in [0.2, 0.25) is 23.7 Å². The number of imide groups is 1. The number of hydrogen-bond acceptors (Lipinski definition) is 5. The maximum atomic E-state index is 12.5. The maximum Gasteiger partial charge on any atom is 0.229 e. The summed E-state index contributed by atoms with van der Waals surface area (Å²) in [6.45, 7) is 3.01. The molecule has 0 saturated carbocycles. The summed E-state index contributed by atoms with van der Waals surface area (Å²) >= 11 is 0. The summed E-state index contributed by atoms with van der Waals surface area (Å²) < 4.78 is 0. The normalized spacial score (nSPS) is 18.4. The summed E-state index contributed by atoms with van der Waals surface area (Å²) in [6.07, 6.45) is 1.58. The van der Waals surface area contributed by atoms with Crippen molar-refractivity contribution < 1.29 is 14.4 Å². The van der Waals surface area contributed by atoms with E-state index >= 15 is 0 Å². The molecule has 8 heteroatoms. The molecule has 0 unspecified atom stereocenters. The van der Waals surface area contributed by atoms with Gasteiger partial charge in [0.1, 0.15) is 0 Å². The number of aromatic amines is 1. The smallest absolute Gasteiger partial charge is 0.229 e. The van der Waals surface area contributed by atoms with Crippen molar-refractivity contribution in [2.24, 2.45) is 0 Å². The quantitative estimate of drug-likeness (QED) is 0.817. The van der Waals surface area contributed by atoms with E-state index in [4.69, 9.17) is 0 Å². The number of hydrogen-bond donors (Lipinski definition) is 1. The number of aromatic nitrogens is 2. The Morgan fingerprint density at radius 3 is 2.59 bits per heavy atom. The molecule has 2 aromatic rings. The number of amides is 3. The zero-order valence-corrected chi connectivity index (χ0v) is 15.2. The lowest BCUT2D eigenvalue weighted by Crippen LogP contribution is -2.38. The first-order chi connectivity index (χ1) is 13.1. The van der Waals surface area contributed by atoms with Crippen LogP contribution in [0.1, 0.15) is 25.7 Å². The fourth-order valence-corrected chi connectivity index (χ4v) is 3.71. The molecule has 0 atom stereocenters. The highest BCUT2D eigenvalue weighted by molar-refractivity contribution is 6.02. The van der Waals surface area contributed by atoms with Crippen LogP contribution < -0.4 is 4.90 Å². The fraction of sp³-hybridized carbons (Fsp3) is 0.474. The monoisotopic (exact) mass is 369 g/mol. The van der Waals surface area contributed by atoms with Gasteiger partial charge in [-0.05, 0) is 18.6 Å². The summed E-state index contributed by atoms with van der Waals surface area (Å²) in [4.78, 5) is 49.1. The van der Waals surface area contributed by atoms with E-state index < -0.39 is 0 Å². The van der Waals surface area contributed by atoms with Gasteiger partial charge in [-0.3, -0.25) is 19.3 Å². The third kappa shape index (κ3) is 3.65. The van der Waals surface area contributed by atoms with Crippen molar-refractivity contribution in [1.29, 1.82) is 0 Å². The SMILES string of the molecule is O=C(CCN1C(=O)CCC1=O)N1CCCN(c2nc3ccccc3[nH]2)CC1. The Hall–Kier alpha value is -2.90. The summed E-state index contributed by atoms with van der Waals surface area (Å²) in [5.74, 6) is 0.493. The molecular weight excluding hydrogens is 346 g/mol. The van der Waals surface area contributed by atoms with E-state index in [-0.39, 0.29) is 43.5 Å². The van der Waals surface area contributed by atoms with E-state index in [1.807, 2.05) is 29.2 Å². The van der Waals surface area contributed by atoms with E-state index in [9.17, 15) is 14.4 Å². The first-order valence-corrected chi connectivity index (χ1v) is 9.42.